The zero-order valence-corrected chi connectivity index (χ0v) is 15.3. The number of fused-ring (bicyclic) bond motifs is 1. The third-order valence-corrected chi connectivity index (χ3v) is 4.28. The van der Waals surface area contributed by atoms with Crippen LogP contribution in [0.15, 0.2) is 30.3 Å². The second kappa shape index (κ2) is 6.40. The highest BCUT2D eigenvalue weighted by molar-refractivity contribution is 6.21. The van der Waals surface area contributed by atoms with Crippen molar-refractivity contribution < 1.29 is 19.1 Å². The van der Waals surface area contributed by atoms with Crippen LogP contribution < -0.4 is 0 Å². The molecule has 0 saturated heterocycles. The molecule has 0 radical (unpaired) electrons. The minimum absolute atomic E-state index is 0.0159. The molecule has 3 rings (SSSR count). The van der Waals surface area contributed by atoms with Crippen molar-refractivity contribution in [1.82, 2.24) is 14.7 Å². The number of amides is 2. The summed E-state index contributed by atoms with van der Waals surface area (Å²) >= 11 is 0. The number of carbonyl (C=O) groups is 3. The third kappa shape index (κ3) is 3.12. The first kappa shape index (κ1) is 17.8. The zero-order chi connectivity index (χ0) is 19.1. The summed E-state index contributed by atoms with van der Waals surface area (Å²) in [4.78, 5) is 37.9. The summed E-state index contributed by atoms with van der Waals surface area (Å²) in [5.41, 5.74) is 1.69. The Morgan fingerprint density at radius 3 is 2.19 bits per heavy atom. The first-order chi connectivity index (χ1) is 12.2. The lowest BCUT2D eigenvalue weighted by Gasteiger charge is -2.14. The molecule has 2 amide bonds. The molecule has 136 valence electrons. The van der Waals surface area contributed by atoms with Gasteiger partial charge in [0.1, 0.15) is 12.3 Å². The lowest BCUT2D eigenvalue weighted by molar-refractivity contribution is 0.0411. The maximum absolute atomic E-state index is 12.3. The van der Waals surface area contributed by atoms with Gasteiger partial charge in [-0.25, -0.2) is 4.79 Å². The van der Waals surface area contributed by atoms with E-state index in [0.29, 0.717) is 16.8 Å². The molecule has 1 aliphatic rings. The molecule has 2 heterocycles. The Morgan fingerprint density at radius 1 is 1.12 bits per heavy atom. The van der Waals surface area contributed by atoms with E-state index in [-0.39, 0.29) is 30.4 Å². The Morgan fingerprint density at radius 2 is 1.69 bits per heavy atom. The van der Waals surface area contributed by atoms with E-state index in [1.807, 2.05) is 20.8 Å². The zero-order valence-electron chi connectivity index (χ0n) is 15.3. The number of hydrogen-bond donors (Lipinski definition) is 0. The van der Waals surface area contributed by atoms with Crippen molar-refractivity contribution >= 4 is 17.8 Å². The number of aryl methyl sites for hydroxylation is 1. The van der Waals surface area contributed by atoms with Crippen LogP contribution >= 0.6 is 0 Å². The second-order valence-corrected chi connectivity index (χ2v) is 7.23. The van der Waals surface area contributed by atoms with E-state index >= 15 is 0 Å². The average Bonchev–Trinajstić information content (AvgIpc) is 3.09. The van der Waals surface area contributed by atoms with E-state index in [0.717, 1.165) is 10.6 Å². The third-order valence-electron chi connectivity index (χ3n) is 4.28. The van der Waals surface area contributed by atoms with Gasteiger partial charge in [-0.05, 0) is 18.2 Å². The topological polar surface area (TPSA) is 81.5 Å². The van der Waals surface area contributed by atoms with Crippen molar-refractivity contribution in [3.8, 4) is 0 Å². The number of imide groups is 1. The van der Waals surface area contributed by atoms with Crippen LogP contribution in [-0.2, 0) is 17.2 Å². The molecule has 1 aliphatic heterocycles. The molecule has 0 fully saturated rings. The summed E-state index contributed by atoms with van der Waals surface area (Å²) in [6, 6.07) is 8.35. The highest BCUT2D eigenvalue weighted by atomic mass is 16.5. The predicted octanol–water partition coefficient (Wildman–Crippen LogP) is 2.17. The van der Waals surface area contributed by atoms with Crippen LogP contribution in [0.1, 0.15) is 57.7 Å². The quantitative estimate of drug-likeness (QED) is 0.620. The van der Waals surface area contributed by atoms with Gasteiger partial charge in [0.25, 0.3) is 11.8 Å². The smallest absolute Gasteiger partial charge is 0.356 e. The highest BCUT2D eigenvalue weighted by Gasteiger charge is 2.35. The summed E-state index contributed by atoms with van der Waals surface area (Å²) in [6.07, 6.45) is 0. The largest absolute Gasteiger partial charge is 0.459 e. The first-order valence-electron chi connectivity index (χ1n) is 8.37. The summed E-state index contributed by atoms with van der Waals surface area (Å²) in [6.45, 7) is 5.97. The van der Waals surface area contributed by atoms with Crippen molar-refractivity contribution in [2.24, 2.45) is 7.05 Å². The van der Waals surface area contributed by atoms with Gasteiger partial charge in [-0.1, -0.05) is 32.9 Å². The molecule has 0 N–H and O–H groups in total. The summed E-state index contributed by atoms with van der Waals surface area (Å²) in [5.74, 6) is -1.26. The van der Waals surface area contributed by atoms with E-state index in [2.05, 4.69) is 5.10 Å². The SMILES string of the molecule is Cn1nc(C(C)(C)C)cc1C(=O)OCCN1C(=O)c2ccccc2C1=O. The summed E-state index contributed by atoms with van der Waals surface area (Å²) < 4.78 is 6.72. The number of benzene rings is 1. The molecule has 0 saturated carbocycles. The van der Waals surface area contributed by atoms with Crippen LogP contribution in [0.5, 0.6) is 0 Å². The van der Waals surface area contributed by atoms with Gasteiger partial charge in [0.2, 0.25) is 0 Å². The normalized spacial score (nSPS) is 13.9. The number of nitrogens with zero attached hydrogens (tertiary/aromatic N) is 3. The Bertz CT molecular complexity index is 857. The van der Waals surface area contributed by atoms with Gasteiger partial charge in [0, 0.05) is 12.5 Å². The average molecular weight is 355 g/mol. The van der Waals surface area contributed by atoms with Crippen LogP contribution in [0.2, 0.25) is 0 Å². The number of hydrogen-bond acceptors (Lipinski definition) is 5. The maximum Gasteiger partial charge on any atom is 0.356 e. The van der Waals surface area contributed by atoms with Crippen molar-refractivity contribution in [2.75, 3.05) is 13.2 Å². The minimum Gasteiger partial charge on any atom is -0.459 e. The van der Waals surface area contributed by atoms with Crippen LogP contribution in [0.25, 0.3) is 0 Å². The first-order valence-corrected chi connectivity index (χ1v) is 8.37. The monoisotopic (exact) mass is 355 g/mol. The molecule has 1 aromatic heterocycles. The maximum atomic E-state index is 12.3. The highest BCUT2D eigenvalue weighted by Crippen LogP contribution is 2.23. The van der Waals surface area contributed by atoms with E-state index in [4.69, 9.17) is 4.74 Å². The lowest BCUT2D eigenvalue weighted by Crippen LogP contribution is -2.33. The molecule has 26 heavy (non-hydrogen) atoms. The molecular weight excluding hydrogens is 334 g/mol. The number of ether oxygens (including phenoxy) is 1. The van der Waals surface area contributed by atoms with Gasteiger partial charge in [0.05, 0.1) is 23.4 Å². The standard InChI is InChI=1S/C19H21N3O4/c1-19(2,3)15-11-14(21(4)20-15)18(25)26-10-9-22-16(23)12-7-5-6-8-13(12)17(22)24/h5-8,11H,9-10H2,1-4H3. The number of rotatable bonds is 4. The Hall–Kier alpha value is -2.96. The summed E-state index contributed by atoms with van der Waals surface area (Å²) in [7, 11) is 1.68. The Labute approximate surface area is 151 Å². The van der Waals surface area contributed by atoms with Gasteiger partial charge < -0.3 is 4.74 Å². The van der Waals surface area contributed by atoms with Crippen molar-refractivity contribution in [3.63, 3.8) is 0 Å². The van der Waals surface area contributed by atoms with Crippen molar-refractivity contribution in [2.45, 2.75) is 26.2 Å². The van der Waals surface area contributed by atoms with Gasteiger partial charge >= 0.3 is 5.97 Å². The molecule has 0 aliphatic carbocycles. The van der Waals surface area contributed by atoms with E-state index in [1.165, 1.54) is 4.68 Å². The summed E-state index contributed by atoms with van der Waals surface area (Å²) in [5, 5.41) is 4.34. The molecule has 0 unspecified atom stereocenters. The minimum atomic E-state index is -0.535. The van der Waals surface area contributed by atoms with E-state index < -0.39 is 5.97 Å². The van der Waals surface area contributed by atoms with Gasteiger partial charge in [-0.3, -0.25) is 19.2 Å². The molecule has 0 bridgehead atoms. The lowest BCUT2D eigenvalue weighted by atomic mass is 9.92. The molecule has 0 spiro atoms. The van der Waals surface area contributed by atoms with Gasteiger partial charge in [0.15, 0.2) is 0 Å². The molecule has 2 aromatic rings. The van der Waals surface area contributed by atoms with Crippen molar-refractivity contribution in [3.05, 3.63) is 52.8 Å². The molecule has 1 aromatic carbocycles. The van der Waals surface area contributed by atoms with Crippen LogP contribution in [-0.4, -0.2) is 45.6 Å². The Balaban J connectivity index is 1.63. The fourth-order valence-electron chi connectivity index (χ4n) is 2.77. The van der Waals surface area contributed by atoms with Crippen LogP contribution in [0.3, 0.4) is 0 Å². The van der Waals surface area contributed by atoms with Crippen molar-refractivity contribution in [1.29, 1.82) is 0 Å². The number of esters is 1. The van der Waals surface area contributed by atoms with E-state index in [9.17, 15) is 14.4 Å². The van der Waals surface area contributed by atoms with E-state index in [1.54, 1.807) is 37.4 Å². The molecule has 7 nitrogen and oxygen atoms in total. The molecule has 0 atom stereocenters. The van der Waals surface area contributed by atoms with Crippen LogP contribution in [0.4, 0.5) is 0 Å². The fourth-order valence-corrected chi connectivity index (χ4v) is 2.77. The van der Waals surface area contributed by atoms with Crippen LogP contribution in [0, 0.1) is 0 Å². The molecule has 7 heteroatoms. The Kier molecular flexibility index (Phi) is 4.39. The number of carbonyl (C=O) groups excluding carboxylic acids is 3. The second-order valence-electron chi connectivity index (χ2n) is 7.23. The number of aromatic nitrogens is 2. The molecular formula is C19H21N3O4. The van der Waals surface area contributed by atoms with Gasteiger partial charge in [-0.2, -0.15) is 5.10 Å². The fraction of sp³-hybridized carbons (Fsp3) is 0.368. The predicted molar refractivity (Wildman–Crippen MR) is 94.0 cm³/mol. The van der Waals surface area contributed by atoms with Gasteiger partial charge in [-0.15, -0.1) is 0 Å².